The fourth-order valence-electron chi connectivity index (χ4n) is 1.67. The van der Waals surface area contributed by atoms with E-state index in [-0.39, 0.29) is 11.6 Å². The largest absolute Gasteiger partial charge is 0.476 e. The van der Waals surface area contributed by atoms with Crippen LogP contribution in [0.5, 0.6) is 11.6 Å². The zero-order valence-corrected chi connectivity index (χ0v) is 9.57. The van der Waals surface area contributed by atoms with Crippen molar-refractivity contribution in [2.24, 2.45) is 0 Å². The van der Waals surface area contributed by atoms with Crippen molar-refractivity contribution in [1.29, 1.82) is 0 Å². The van der Waals surface area contributed by atoms with Gasteiger partial charge in [0.25, 0.3) is 5.88 Å². The number of ether oxygens (including phenoxy) is 1. The number of fused-ring (bicyclic) bond motifs is 1. The van der Waals surface area contributed by atoms with E-state index in [1.807, 2.05) is 12.1 Å². The number of benzene rings is 1. The fraction of sp³-hybridized carbons (Fsp3) is 0. The number of nitrogens with zero attached hydrogens (tertiary/aromatic N) is 3. The Morgan fingerprint density at radius 1 is 1.26 bits per heavy atom. The summed E-state index contributed by atoms with van der Waals surface area (Å²) in [6.45, 7) is 0. The Hall–Kier alpha value is -2.96. The van der Waals surface area contributed by atoms with Crippen molar-refractivity contribution in [3.63, 3.8) is 0 Å². The van der Waals surface area contributed by atoms with Crippen molar-refractivity contribution in [2.45, 2.75) is 0 Å². The van der Waals surface area contributed by atoms with Gasteiger partial charge in [0.2, 0.25) is 5.69 Å². The van der Waals surface area contributed by atoms with Crippen LogP contribution in [0.2, 0.25) is 0 Å². The molecule has 2 aromatic heterocycles. The van der Waals surface area contributed by atoms with Gasteiger partial charge in [-0.15, -0.1) is 0 Å². The Bertz CT molecular complexity index is 753. The maximum absolute atomic E-state index is 10.9. The second-order valence-corrected chi connectivity index (χ2v) is 3.78. The molecule has 0 fully saturated rings. The van der Waals surface area contributed by atoms with E-state index in [0.717, 1.165) is 10.8 Å². The van der Waals surface area contributed by atoms with E-state index in [1.165, 1.54) is 0 Å². The van der Waals surface area contributed by atoms with E-state index >= 15 is 0 Å². The molecular weight excluding hydrogens is 248 g/mol. The van der Waals surface area contributed by atoms with E-state index < -0.39 is 5.97 Å². The number of hydrogen-bond donors (Lipinski definition) is 2. The van der Waals surface area contributed by atoms with E-state index in [4.69, 9.17) is 9.84 Å². The maximum Gasteiger partial charge on any atom is 0.359 e. The average Bonchev–Trinajstić information content (AvgIpc) is 2.87. The summed E-state index contributed by atoms with van der Waals surface area (Å²) in [6.07, 6.45) is 3.39. The van der Waals surface area contributed by atoms with Crippen molar-refractivity contribution in [2.75, 3.05) is 0 Å². The molecule has 2 N–H and O–H groups in total. The molecule has 7 heteroatoms. The SMILES string of the molecule is O=C(O)c1[nH]nnc1Oc1ccc2ccncc2c1. The second kappa shape index (κ2) is 4.37. The molecule has 0 aliphatic rings. The molecule has 0 bridgehead atoms. The normalized spacial score (nSPS) is 10.5. The van der Waals surface area contributed by atoms with Gasteiger partial charge in [-0.3, -0.25) is 4.98 Å². The molecule has 0 saturated carbocycles. The first kappa shape index (κ1) is 11.1. The Morgan fingerprint density at radius 3 is 3.00 bits per heavy atom. The lowest BCUT2D eigenvalue weighted by molar-refractivity contribution is 0.0687. The molecule has 7 nitrogen and oxygen atoms in total. The minimum Gasteiger partial charge on any atom is -0.476 e. The van der Waals surface area contributed by atoms with Crippen LogP contribution in [0, 0.1) is 0 Å². The number of aromatic nitrogens is 4. The zero-order chi connectivity index (χ0) is 13.2. The van der Waals surface area contributed by atoms with Gasteiger partial charge in [0.05, 0.1) is 0 Å². The molecule has 0 amide bonds. The van der Waals surface area contributed by atoms with Crippen LogP contribution < -0.4 is 4.74 Å². The summed E-state index contributed by atoms with van der Waals surface area (Å²) in [7, 11) is 0. The van der Waals surface area contributed by atoms with Crippen LogP contribution in [-0.4, -0.2) is 31.5 Å². The lowest BCUT2D eigenvalue weighted by atomic mass is 10.2. The minimum absolute atomic E-state index is 0.0734. The maximum atomic E-state index is 10.9. The van der Waals surface area contributed by atoms with Crippen molar-refractivity contribution in [3.8, 4) is 11.6 Å². The summed E-state index contributed by atoms with van der Waals surface area (Å²) >= 11 is 0. The number of nitrogens with one attached hydrogen (secondary N) is 1. The highest BCUT2D eigenvalue weighted by Crippen LogP contribution is 2.25. The van der Waals surface area contributed by atoms with Gasteiger partial charge < -0.3 is 9.84 Å². The van der Waals surface area contributed by atoms with Gasteiger partial charge in [-0.05, 0) is 23.6 Å². The van der Waals surface area contributed by atoms with E-state index in [9.17, 15) is 4.79 Å². The Kier molecular flexibility index (Phi) is 2.57. The van der Waals surface area contributed by atoms with Gasteiger partial charge in [0.15, 0.2) is 0 Å². The smallest absolute Gasteiger partial charge is 0.359 e. The molecule has 0 aliphatic heterocycles. The summed E-state index contributed by atoms with van der Waals surface area (Å²) < 4.78 is 5.41. The van der Waals surface area contributed by atoms with Crippen LogP contribution in [0.1, 0.15) is 10.5 Å². The molecule has 0 aliphatic carbocycles. The predicted molar refractivity (Wildman–Crippen MR) is 65.2 cm³/mol. The van der Waals surface area contributed by atoms with Crippen molar-refractivity contribution < 1.29 is 14.6 Å². The van der Waals surface area contributed by atoms with Crippen molar-refractivity contribution in [1.82, 2.24) is 20.4 Å². The molecule has 94 valence electrons. The van der Waals surface area contributed by atoms with Gasteiger partial charge in [-0.2, -0.15) is 0 Å². The van der Waals surface area contributed by atoms with Crippen LogP contribution in [-0.2, 0) is 0 Å². The highest BCUT2D eigenvalue weighted by atomic mass is 16.5. The number of aromatic amines is 1. The molecule has 0 saturated heterocycles. The summed E-state index contributed by atoms with van der Waals surface area (Å²) in [6, 6.07) is 7.20. The highest BCUT2D eigenvalue weighted by Gasteiger charge is 2.16. The molecule has 0 spiro atoms. The summed E-state index contributed by atoms with van der Waals surface area (Å²) in [4.78, 5) is 14.9. The first-order valence-corrected chi connectivity index (χ1v) is 5.40. The quantitative estimate of drug-likeness (QED) is 0.741. The molecule has 3 aromatic rings. The monoisotopic (exact) mass is 256 g/mol. The number of hydrogen-bond acceptors (Lipinski definition) is 5. The second-order valence-electron chi connectivity index (χ2n) is 3.78. The van der Waals surface area contributed by atoms with Crippen LogP contribution in [0.4, 0.5) is 0 Å². The molecular formula is C12H8N4O3. The van der Waals surface area contributed by atoms with E-state index in [1.54, 1.807) is 24.5 Å². The lowest BCUT2D eigenvalue weighted by Gasteiger charge is -2.04. The third kappa shape index (κ3) is 2.08. The third-order valence-corrected chi connectivity index (χ3v) is 2.56. The Labute approximate surface area is 106 Å². The molecule has 19 heavy (non-hydrogen) atoms. The number of pyridine rings is 1. The molecule has 0 radical (unpaired) electrons. The lowest BCUT2D eigenvalue weighted by Crippen LogP contribution is -1.99. The van der Waals surface area contributed by atoms with Gasteiger partial charge in [0.1, 0.15) is 5.75 Å². The number of rotatable bonds is 3. The van der Waals surface area contributed by atoms with Crippen LogP contribution in [0.15, 0.2) is 36.7 Å². The van der Waals surface area contributed by atoms with Crippen molar-refractivity contribution in [3.05, 3.63) is 42.4 Å². The first-order chi connectivity index (χ1) is 9.24. The summed E-state index contributed by atoms with van der Waals surface area (Å²) in [5.74, 6) is -0.782. The number of carboxylic acid groups (broad SMARTS) is 1. The zero-order valence-electron chi connectivity index (χ0n) is 9.57. The number of carboxylic acids is 1. The summed E-state index contributed by atoms with van der Waals surface area (Å²) in [5, 5.41) is 20.1. The van der Waals surface area contributed by atoms with E-state index in [0.29, 0.717) is 5.75 Å². The van der Waals surface area contributed by atoms with Gasteiger partial charge in [0, 0.05) is 17.8 Å². The Morgan fingerprint density at radius 2 is 2.16 bits per heavy atom. The predicted octanol–water partition coefficient (Wildman–Crippen LogP) is 1.84. The van der Waals surface area contributed by atoms with Gasteiger partial charge in [-0.1, -0.05) is 16.4 Å². The van der Waals surface area contributed by atoms with Crippen LogP contribution in [0.25, 0.3) is 10.8 Å². The minimum atomic E-state index is -1.18. The highest BCUT2D eigenvalue weighted by molar-refractivity contribution is 5.88. The van der Waals surface area contributed by atoms with Crippen molar-refractivity contribution >= 4 is 16.7 Å². The number of carbonyl (C=O) groups is 1. The van der Waals surface area contributed by atoms with Gasteiger partial charge in [-0.25, -0.2) is 9.89 Å². The topological polar surface area (TPSA) is 101 Å². The number of aromatic carboxylic acids is 1. The number of H-pyrrole nitrogens is 1. The molecule has 0 atom stereocenters. The van der Waals surface area contributed by atoms with Crippen LogP contribution in [0.3, 0.4) is 0 Å². The standard InChI is InChI=1S/C12H8N4O3/c17-12(18)10-11(15-16-14-10)19-9-2-1-7-3-4-13-6-8(7)5-9/h1-6H,(H,17,18)(H,14,15,16). The Balaban J connectivity index is 1.97. The fourth-order valence-corrected chi connectivity index (χ4v) is 1.67. The average molecular weight is 256 g/mol. The molecule has 2 heterocycles. The van der Waals surface area contributed by atoms with E-state index in [2.05, 4.69) is 20.4 Å². The first-order valence-electron chi connectivity index (χ1n) is 5.40. The molecule has 1 aromatic carbocycles. The molecule has 3 rings (SSSR count). The third-order valence-electron chi connectivity index (χ3n) is 2.56. The van der Waals surface area contributed by atoms with Crippen LogP contribution >= 0.6 is 0 Å². The van der Waals surface area contributed by atoms with Gasteiger partial charge >= 0.3 is 5.97 Å². The summed E-state index contributed by atoms with van der Waals surface area (Å²) in [5.41, 5.74) is -0.189. The molecule has 0 unspecified atom stereocenters.